The number of halogens is 1. The van der Waals surface area contributed by atoms with Crippen LogP contribution in [-0.4, -0.2) is 11.9 Å². The number of amides is 1. The van der Waals surface area contributed by atoms with Crippen LogP contribution in [0.4, 0.5) is 0 Å². The Morgan fingerprint density at radius 1 is 1.19 bits per heavy atom. The lowest BCUT2D eigenvalue weighted by Crippen LogP contribution is -2.60. The van der Waals surface area contributed by atoms with E-state index < -0.39 is 0 Å². The largest absolute Gasteiger partial charge is 0.353 e. The summed E-state index contributed by atoms with van der Waals surface area (Å²) in [4.78, 5) is 11.8. The normalized spacial score (nSPS) is 52.3. The van der Waals surface area contributed by atoms with Gasteiger partial charge in [-0.25, -0.2) is 0 Å². The monoisotopic (exact) mass is 399 g/mol. The van der Waals surface area contributed by atoms with E-state index in [4.69, 9.17) is 0 Å². The number of hydrogen-bond acceptors (Lipinski definition) is 1. The molecular weight excluding hydrogens is 373 g/mol. The predicted molar refractivity (Wildman–Crippen MR) is 93.0 cm³/mol. The maximum absolute atomic E-state index is 11.8. The molecule has 1 heterocycles. The fourth-order valence-electron chi connectivity index (χ4n) is 6.22. The summed E-state index contributed by atoms with van der Waals surface area (Å²) >= 11 is 2.59. The lowest BCUT2D eigenvalue weighted by atomic mass is 9.48. The summed E-state index contributed by atoms with van der Waals surface area (Å²) < 4.78 is 1.62. The Hall–Kier alpha value is -0.0600. The number of piperidine rings is 1. The minimum absolute atomic E-state index is 0.286. The highest BCUT2D eigenvalue weighted by atomic mass is 127. The number of nitrogens with one attached hydrogen (secondary N) is 1. The summed E-state index contributed by atoms with van der Waals surface area (Å²) in [5.41, 5.74) is 0.815. The molecule has 1 unspecified atom stereocenters. The van der Waals surface area contributed by atoms with E-state index in [0.717, 1.165) is 30.6 Å². The molecule has 0 spiro atoms. The van der Waals surface area contributed by atoms with Crippen LogP contribution in [0.5, 0.6) is 0 Å². The molecule has 0 aromatic heterocycles. The van der Waals surface area contributed by atoms with Gasteiger partial charge in [0.15, 0.2) is 0 Å². The molecule has 0 radical (unpaired) electrons. The fraction of sp³-hybridized carbons (Fsp3) is 0.833. The molecule has 0 aromatic rings. The summed E-state index contributed by atoms with van der Waals surface area (Å²) in [6.07, 6.45) is 10.9. The molecule has 0 bridgehead atoms. The first-order chi connectivity index (χ1) is 9.95. The second-order valence-electron chi connectivity index (χ2n) is 8.32. The Morgan fingerprint density at radius 2 is 2.00 bits per heavy atom. The molecule has 4 aliphatic rings. The van der Waals surface area contributed by atoms with Crippen LogP contribution in [0, 0.1) is 28.6 Å². The highest BCUT2D eigenvalue weighted by Crippen LogP contribution is 2.64. The Balaban J connectivity index is 1.64. The maximum Gasteiger partial charge on any atom is 0.220 e. The van der Waals surface area contributed by atoms with Gasteiger partial charge in [-0.05, 0) is 87.9 Å². The average molecular weight is 399 g/mol. The van der Waals surface area contributed by atoms with Crippen LogP contribution in [0.3, 0.4) is 0 Å². The molecule has 3 heteroatoms. The minimum atomic E-state index is 0.286. The van der Waals surface area contributed by atoms with E-state index in [0.29, 0.717) is 16.9 Å². The number of rotatable bonds is 0. The van der Waals surface area contributed by atoms with Gasteiger partial charge in [0.1, 0.15) is 0 Å². The smallest absolute Gasteiger partial charge is 0.220 e. The zero-order valence-corrected chi connectivity index (χ0v) is 15.3. The van der Waals surface area contributed by atoms with Gasteiger partial charge in [-0.1, -0.05) is 19.9 Å². The van der Waals surface area contributed by atoms with Crippen molar-refractivity contribution in [1.82, 2.24) is 5.32 Å². The van der Waals surface area contributed by atoms with Gasteiger partial charge in [-0.15, -0.1) is 0 Å². The lowest BCUT2D eigenvalue weighted by Gasteiger charge is -2.59. The van der Waals surface area contributed by atoms with Crippen LogP contribution in [0.15, 0.2) is 9.66 Å². The van der Waals surface area contributed by atoms with Gasteiger partial charge in [-0.2, -0.15) is 0 Å². The molecule has 116 valence electrons. The van der Waals surface area contributed by atoms with Crippen LogP contribution in [0.2, 0.25) is 0 Å². The number of carbonyl (C=O) groups excluding carboxylic acids is 1. The fourth-order valence-corrected chi connectivity index (χ4v) is 7.14. The Morgan fingerprint density at radius 3 is 2.81 bits per heavy atom. The van der Waals surface area contributed by atoms with Gasteiger partial charge in [0.05, 0.1) is 0 Å². The van der Waals surface area contributed by atoms with Crippen molar-refractivity contribution in [3.05, 3.63) is 9.66 Å². The van der Waals surface area contributed by atoms with Crippen molar-refractivity contribution in [2.45, 2.75) is 64.8 Å². The summed E-state index contributed by atoms with van der Waals surface area (Å²) in [5.74, 6) is 2.85. The molecule has 1 N–H and O–H groups in total. The molecule has 2 nitrogen and oxygen atoms in total. The first-order valence-corrected chi connectivity index (χ1v) is 9.68. The van der Waals surface area contributed by atoms with Crippen molar-refractivity contribution >= 4 is 28.5 Å². The first-order valence-electron chi connectivity index (χ1n) is 8.61. The third-order valence-corrected chi connectivity index (χ3v) is 9.25. The number of carbonyl (C=O) groups is 1. The Kier molecular flexibility index (Phi) is 3.26. The van der Waals surface area contributed by atoms with E-state index in [1.54, 1.807) is 3.58 Å². The third kappa shape index (κ3) is 1.91. The number of fused-ring (bicyclic) bond motifs is 5. The van der Waals surface area contributed by atoms with Crippen molar-refractivity contribution in [2.75, 3.05) is 0 Å². The van der Waals surface area contributed by atoms with Gasteiger partial charge in [0.25, 0.3) is 0 Å². The zero-order chi connectivity index (χ0) is 14.8. The molecule has 3 aliphatic carbocycles. The van der Waals surface area contributed by atoms with Crippen LogP contribution in [-0.2, 0) is 4.79 Å². The summed E-state index contributed by atoms with van der Waals surface area (Å²) in [7, 11) is 0. The summed E-state index contributed by atoms with van der Waals surface area (Å²) in [6.45, 7) is 4.99. The van der Waals surface area contributed by atoms with E-state index in [2.05, 4.69) is 47.8 Å². The average Bonchev–Trinajstić information content (AvgIpc) is 2.76. The van der Waals surface area contributed by atoms with Gasteiger partial charge < -0.3 is 5.32 Å². The van der Waals surface area contributed by atoms with E-state index in [1.807, 2.05) is 0 Å². The highest BCUT2D eigenvalue weighted by Gasteiger charge is 2.58. The van der Waals surface area contributed by atoms with Gasteiger partial charge in [0.2, 0.25) is 5.91 Å². The topological polar surface area (TPSA) is 29.1 Å². The second kappa shape index (κ2) is 4.72. The van der Waals surface area contributed by atoms with Crippen molar-refractivity contribution in [3.63, 3.8) is 0 Å². The third-order valence-electron chi connectivity index (χ3n) is 7.58. The molecule has 1 amide bonds. The van der Waals surface area contributed by atoms with Crippen molar-refractivity contribution in [3.8, 4) is 0 Å². The second-order valence-corrected chi connectivity index (χ2v) is 9.49. The number of hydrogen-bond donors (Lipinski definition) is 1. The first kappa shape index (κ1) is 14.5. The maximum atomic E-state index is 11.8. The van der Waals surface area contributed by atoms with Crippen molar-refractivity contribution in [2.24, 2.45) is 28.6 Å². The Labute approximate surface area is 141 Å². The van der Waals surface area contributed by atoms with Crippen LogP contribution in [0.25, 0.3) is 0 Å². The van der Waals surface area contributed by atoms with Crippen molar-refractivity contribution in [1.29, 1.82) is 0 Å². The lowest BCUT2D eigenvalue weighted by molar-refractivity contribution is -0.134. The molecule has 2 saturated carbocycles. The predicted octanol–water partition coefficient (Wildman–Crippen LogP) is 4.44. The Bertz CT molecular complexity index is 515. The molecular formula is C18H26INO. The summed E-state index contributed by atoms with van der Waals surface area (Å²) in [6, 6.07) is 0.442. The quantitative estimate of drug-likeness (QED) is 0.600. The van der Waals surface area contributed by atoms with E-state index in [1.165, 1.54) is 32.1 Å². The highest BCUT2D eigenvalue weighted by molar-refractivity contribution is 14.1. The standard InChI is InChI=1S/C18H26INO/c1-17-9-7-13-11(12(17)4-5-14(17)19)3-6-15-18(13,2)10-8-16(21)20-15/h5,11-13,15H,3-4,6-10H2,1-2H3,(H,20,21)/t11-,12-,13-,15?,17-,18+/m0/s1. The van der Waals surface area contributed by atoms with Gasteiger partial charge in [-0.3, -0.25) is 4.79 Å². The molecule has 3 fully saturated rings. The van der Waals surface area contributed by atoms with E-state index in [9.17, 15) is 4.79 Å². The van der Waals surface area contributed by atoms with Crippen LogP contribution in [0.1, 0.15) is 58.8 Å². The SMILES string of the molecule is C[C@]12CCC(=O)NC1CC[C@@H]1[C@@H]2CC[C@]2(C)C(I)=CC[C@@H]12. The zero-order valence-electron chi connectivity index (χ0n) is 13.1. The van der Waals surface area contributed by atoms with Crippen LogP contribution < -0.4 is 5.32 Å². The van der Waals surface area contributed by atoms with Gasteiger partial charge in [0, 0.05) is 17.9 Å². The van der Waals surface area contributed by atoms with Crippen LogP contribution >= 0.6 is 22.6 Å². The minimum Gasteiger partial charge on any atom is -0.353 e. The van der Waals surface area contributed by atoms with E-state index >= 15 is 0 Å². The molecule has 1 saturated heterocycles. The molecule has 0 aromatic carbocycles. The number of allylic oxidation sites excluding steroid dienone is 2. The molecule has 6 atom stereocenters. The molecule has 21 heavy (non-hydrogen) atoms. The van der Waals surface area contributed by atoms with Crippen molar-refractivity contribution < 1.29 is 4.79 Å². The van der Waals surface area contributed by atoms with Gasteiger partial charge >= 0.3 is 0 Å². The summed E-state index contributed by atoms with van der Waals surface area (Å²) in [5, 5.41) is 3.32. The van der Waals surface area contributed by atoms with E-state index in [-0.39, 0.29) is 5.91 Å². The molecule has 1 aliphatic heterocycles. The molecule has 4 rings (SSSR count).